The van der Waals surface area contributed by atoms with E-state index in [1.54, 1.807) is 31.3 Å². The van der Waals surface area contributed by atoms with E-state index in [0.717, 1.165) is 29.7 Å². The first-order valence-electron chi connectivity index (χ1n) is 8.81. The number of carbonyl (C=O) groups excluding carboxylic acids is 1. The smallest absolute Gasteiger partial charge is 0.274 e. The molecule has 7 nitrogen and oxygen atoms in total. The van der Waals surface area contributed by atoms with E-state index in [0.29, 0.717) is 17.3 Å². The van der Waals surface area contributed by atoms with E-state index in [2.05, 4.69) is 20.4 Å². The van der Waals surface area contributed by atoms with Gasteiger partial charge in [-0.15, -0.1) is 0 Å². The third-order valence-electron chi connectivity index (χ3n) is 4.49. The Morgan fingerprint density at radius 1 is 1.11 bits per heavy atom. The Kier molecular flexibility index (Phi) is 4.42. The molecule has 2 aromatic carbocycles. The Balaban J connectivity index is 1.43. The molecule has 4 rings (SSSR count). The lowest BCUT2D eigenvalue weighted by molar-refractivity contribution is 0.0948. The fourth-order valence-electron chi connectivity index (χ4n) is 3.13. The first-order chi connectivity index (χ1) is 13.1. The molecule has 2 heterocycles. The van der Waals surface area contributed by atoms with Crippen molar-refractivity contribution in [2.75, 3.05) is 6.54 Å². The third-order valence-corrected chi connectivity index (χ3v) is 4.49. The largest absolute Gasteiger partial charge is 0.351 e. The van der Waals surface area contributed by atoms with Gasteiger partial charge in [-0.2, -0.15) is 5.10 Å². The van der Waals surface area contributed by atoms with Gasteiger partial charge in [0.05, 0.1) is 16.4 Å². The molecule has 0 aliphatic heterocycles. The number of carbonyl (C=O) groups is 1. The molecule has 0 fully saturated rings. The lowest BCUT2D eigenvalue weighted by Crippen LogP contribution is -2.30. The van der Waals surface area contributed by atoms with Crippen molar-refractivity contribution in [3.8, 4) is 0 Å². The number of fused-ring (bicyclic) bond motifs is 2. The molecular weight excluding hydrogens is 342 g/mol. The topological polar surface area (TPSA) is 92.7 Å². The molecule has 0 unspecified atom stereocenters. The Morgan fingerprint density at radius 3 is 2.67 bits per heavy atom. The van der Waals surface area contributed by atoms with E-state index in [4.69, 9.17) is 0 Å². The molecule has 2 N–H and O–H groups in total. The molecule has 0 saturated carbocycles. The highest BCUT2D eigenvalue weighted by Crippen LogP contribution is 2.13. The second kappa shape index (κ2) is 7.03. The number of para-hydroxylation sites is 2. The molecule has 0 aliphatic rings. The molecule has 0 atom stereocenters. The highest BCUT2D eigenvalue weighted by atomic mass is 16.2. The van der Waals surface area contributed by atoms with Gasteiger partial charge in [0.2, 0.25) is 0 Å². The van der Waals surface area contributed by atoms with Crippen LogP contribution in [0.25, 0.3) is 21.8 Å². The number of aryl methyl sites for hydroxylation is 2. The molecule has 136 valence electrons. The first kappa shape index (κ1) is 17.0. The Bertz CT molecular complexity index is 1160. The zero-order chi connectivity index (χ0) is 18.8. The van der Waals surface area contributed by atoms with Gasteiger partial charge in [0, 0.05) is 25.4 Å². The molecule has 0 bridgehead atoms. The van der Waals surface area contributed by atoms with Crippen LogP contribution in [0.5, 0.6) is 0 Å². The van der Waals surface area contributed by atoms with E-state index in [1.165, 1.54) is 4.68 Å². The van der Waals surface area contributed by atoms with E-state index >= 15 is 0 Å². The van der Waals surface area contributed by atoms with Gasteiger partial charge in [0.15, 0.2) is 5.69 Å². The van der Waals surface area contributed by atoms with Gasteiger partial charge in [-0.1, -0.05) is 30.3 Å². The Hall–Kier alpha value is -3.48. The van der Waals surface area contributed by atoms with Crippen LogP contribution < -0.4 is 10.9 Å². The maximum atomic E-state index is 12.6. The summed E-state index contributed by atoms with van der Waals surface area (Å²) in [6.45, 7) is 0.495. The van der Waals surface area contributed by atoms with Gasteiger partial charge in [-0.3, -0.25) is 9.59 Å². The standard InChI is InChI=1S/C20H19N5O2/c1-25-20(27)14-8-3-2-7-13(14)18(24-25)19(26)21-12-6-11-17-22-15-9-4-5-10-16(15)23-17/h2-5,7-10H,6,11-12H2,1H3,(H,21,26)(H,22,23). The number of H-pyrrole nitrogens is 1. The van der Waals surface area contributed by atoms with Gasteiger partial charge in [0.1, 0.15) is 5.82 Å². The number of nitrogens with zero attached hydrogens (tertiary/aromatic N) is 3. The van der Waals surface area contributed by atoms with Crippen LogP contribution in [0, 0.1) is 0 Å². The molecule has 0 spiro atoms. The molecule has 0 radical (unpaired) electrons. The lowest BCUT2D eigenvalue weighted by Gasteiger charge is -2.08. The summed E-state index contributed by atoms with van der Waals surface area (Å²) in [6.07, 6.45) is 1.48. The van der Waals surface area contributed by atoms with E-state index in [-0.39, 0.29) is 17.2 Å². The molecule has 7 heteroatoms. The van der Waals surface area contributed by atoms with Crippen molar-refractivity contribution >= 4 is 27.7 Å². The SMILES string of the molecule is Cn1nc(C(=O)NCCCc2nc3ccccc3[nH]2)c2ccccc2c1=O. The number of aromatic nitrogens is 4. The summed E-state index contributed by atoms with van der Waals surface area (Å²) >= 11 is 0. The van der Waals surface area contributed by atoms with E-state index < -0.39 is 0 Å². The number of amides is 1. The summed E-state index contributed by atoms with van der Waals surface area (Å²) in [5.41, 5.74) is 2.00. The Labute approximate surface area is 155 Å². The Morgan fingerprint density at radius 2 is 1.85 bits per heavy atom. The predicted molar refractivity (Wildman–Crippen MR) is 104 cm³/mol. The van der Waals surface area contributed by atoms with Crippen LogP contribution >= 0.6 is 0 Å². The van der Waals surface area contributed by atoms with Crippen molar-refractivity contribution in [3.63, 3.8) is 0 Å². The van der Waals surface area contributed by atoms with Crippen molar-refractivity contribution in [2.24, 2.45) is 7.05 Å². The van der Waals surface area contributed by atoms with Gasteiger partial charge < -0.3 is 10.3 Å². The molecule has 0 aliphatic carbocycles. The zero-order valence-corrected chi connectivity index (χ0v) is 14.9. The summed E-state index contributed by atoms with van der Waals surface area (Å²) in [7, 11) is 1.55. The number of hydrogen-bond acceptors (Lipinski definition) is 4. The number of benzene rings is 2. The molecule has 2 aromatic heterocycles. The second-order valence-corrected chi connectivity index (χ2v) is 6.38. The number of hydrogen-bond donors (Lipinski definition) is 2. The zero-order valence-electron chi connectivity index (χ0n) is 14.9. The molecule has 27 heavy (non-hydrogen) atoms. The van der Waals surface area contributed by atoms with Crippen LogP contribution in [0.1, 0.15) is 22.7 Å². The van der Waals surface area contributed by atoms with Gasteiger partial charge >= 0.3 is 0 Å². The fourth-order valence-corrected chi connectivity index (χ4v) is 3.13. The van der Waals surface area contributed by atoms with Gasteiger partial charge in [-0.05, 0) is 24.6 Å². The van der Waals surface area contributed by atoms with E-state index in [1.807, 2.05) is 24.3 Å². The number of nitrogens with one attached hydrogen (secondary N) is 2. The van der Waals surface area contributed by atoms with Crippen molar-refractivity contribution in [2.45, 2.75) is 12.8 Å². The summed E-state index contributed by atoms with van der Waals surface area (Å²) < 4.78 is 1.20. The minimum Gasteiger partial charge on any atom is -0.351 e. The normalized spacial score (nSPS) is 11.1. The molecule has 1 amide bonds. The number of imidazole rings is 1. The van der Waals surface area contributed by atoms with E-state index in [9.17, 15) is 9.59 Å². The fraction of sp³-hybridized carbons (Fsp3) is 0.200. The highest BCUT2D eigenvalue weighted by Gasteiger charge is 2.15. The lowest BCUT2D eigenvalue weighted by atomic mass is 10.1. The minimum absolute atomic E-state index is 0.216. The average molecular weight is 361 g/mol. The number of rotatable bonds is 5. The maximum absolute atomic E-state index is 12.6. The number of aromatic amines is 1. The van der Waals surface area contributed by atoms with Crippen LogP contribution in [0.2, 0.25) is 0 Å². The summed E-state index contributed by atoms with van der Waals surface area (Å²) in [5, 5.41) is 8.08. The maximum Gasteiger partial charge on any atom is 0.274 e. The minimum atomic E-state index is -0.286. The quantitative estimate of drug-likeness (QED) is 0.533. The van der Waals surface area contributed by atoms with Crippen LogP contribution in [0.3, 0.4) is 0 Å². The van der Waals surface area contributed by atoms with Crippen molar-refractivity contribution in [1.29, 1.82) is 0 Å². The molecule has 0 saturated heterocycles. The van der Waals surface area contributed by atoms with Crippen LogP contribution in [0.4, 0.5) is 0 Å². The van der Waals surface area contributed by atoms with Crippen LogP contribution in [0.15, 0.2) is 53.3 Å². The van der Waals surface area contributed by atoms with Gasteiger partial charge in [0.25, 0.3) is 11.5 Å². The van der Waals surface area contributed by atoms with Crippen LogP contribution in [-0.4, -0.2) is 32.2 Å². The molecule has 4 aromatic rings. The third kappa shape index (κ3) is 3.31. The van der Waals surface area contributed by atoms with Gasteiger partial charge in [-0.25, -0.2) is 9.67 Å². The first-order valence-corrected chi connectivity index (χ1v) is 8.81. The van der Waals surface area contributed by atoms with Crippen molar-refractivity contribution in [1.82, 2.24) is 25.1 Å². The molecular formula is C20H19N5O2. The van der Waals surface area contributed by atoms with Crippen molar-refractivity contribution < 1.29 is 4.79 Å². The monoisotopic (exact) mass is 361 g/mol. The second-order valence-electron chi connectivity index (χ2n) is 6.38. The predicted octanol–water partition coefficient (Wildman–Crippen LogP) is 2.17. The van der Waals surface area contributed by atoms with Crippen LogP contribution in [-0.2, 0) is 13.5 Å². The summed E-state index contributed by atoms with van der Waals surface area (Å²) in [5.74, 6) is 0.613. The average Bonchev–Trinajstić information content (AvgIpc) is 3.11. The highest BCUT2D eigenvalue weighted by molar-refractivity contribution is 6.04. The summed E-state index contributed by atoms with van der Waals surface area (Å²) in [6, 6.07) is 14.9. The van der Waals surface area contributed by atoms with Crippen molar-refractivity contribution in [3.05, 3.63) is 70.4 Å². The summed E-state index contributed by atoms with van der Waals surface area (Å²) in [4.78, 5) is 32.5.